The van der Waals surface area contributed by atoms with Crippen LogP contribution in [-0.2, 0) is 0 Å². The standard InChI is InChI=1S/C7H6O2.C6H15N/c8-7(9)6-4-2-1-3-5-6;1-5(2)7-6(3)4/h1-5H,(H,8,9);5-7H,1-4H3. The number of carboxylic acids is 1. The number of nitrogens with one attached hydrogen (secondary N) is 1. The van der Waals surface area contributed by atoms with Gasteiger partial charge < -0.3 is 10.4 Å². The number of benzene rings is 1. The SMILES string of the molecule is CC(C)NC(C)C.O=C(O)c1ccccc1. The summed E-state index contributed by atoms with van der Waals surface area (Å²) in [6.45, 7) is 8.61. The molecule has 0 saturated carbocycles. The molecule has 1 aromatic carbocycles. The number of carboxylic acid groups (broad SMARTS) is 1. The molecule has 0 atom stereocenters. The highest BCUT2D eigenvalue weighted by molar-refractivity contribution is 5.87. The van der Waals surface area contributed by atoms with Crippen molar-refractivity contribution in [1.82, 2.24) is 5.32 Å². The average Bonchev–Trinajstić information content (AvgIpc) is 2.17. The molecule has 3 nitrogen and oxygen atoms in total. The number of carbonyl (C=O) groups is 1. The smallest absolute Gasteiger partial charge is 0.335 e. The van der Waals surface area contributed by atoms with Crippen LogP contribution in [-0.4, -0.2) is 23.2 Å². The van der Waals surface area contributed by atoms with Gasteiger partial charge in [0.15, 0.2) is 0 Å². The summed E-state index contributed by atoms with van der Waals surface area (Å²) in [6.07, 6.45) is 0. The predicted molar refractivity (Wildman–Crippen MR) is 66.8 cm³/mol. The summed E-state index contributed by atoms with van der Waals surface area (Å²) in [6, 6.07) is 9.55. The molecule has 0 aliphatic carbocycles. The Balaban J connectivity index is 0.000000293. The van der Waals surface area contributed by atoms with E-state index in [1.807, 2.05) is 0 Å². The molecule has 1 aromatic rings. The van der Waals surface area contributed by atoms with Crippen LogP contribution in [0.5, 0.6) is 0 Å². The van der Waals surface area contributed by atoms with E-state index in [2.05, 4.69) is 33.0 Å². The Hall–Kier alpha value is -1.35. The van der Waals surface area contributed by atoms with Crippen molar-refractivity contribution in [2.24, 2.45) is 0 Å². The second kappa shape index (κ2) is 7.88. The molecule has 3 heteroatoms. The second-order valence-corrected chi connectivity index (χ2v) is 4.15. The molecule has 0 saturated heterocycles. The van der Waals surface area contributed by atoms with Gasteiger partial charge >= 0.3 is 5.97 Å². The molecule has 0 aliphatic rings. The van der Waals surface area contributed by atoms with Crippen molar-refractivity contribution in [1.29, 1.82) is 0 Å². The van der Waals surface area contributed by atoms with Gasteiger partial charge in [-0.2, -0.15) is 0 Å². The molecule has 0 bridgehead atoms. The zero-order chi connectivity index (χ0) is 12.6. The van der Waals surface area contributed by atoms with E-state index in [-0.39, 0.29) is 0 Å². The molecular formula is C13H21NO2. The van der Waals surface area contributed by atoms with Crippen LogP contribution in [0.15, 0.2) is 30.3 Å². The highest BCUT2D eigenvalue weighted by Crippen LogP contribution is 1.96. The van der Waals surface area contributed by atoms with Gasteiger partial charge in [0.05, 0.1) is 5.56 Å². The van der Waals surface area contributed by atoms with E-state index in [1.54, 1.807) is 30.3 Å². The normalized spacial score (nSPS) is 9.88. The van der Waals surface area contributed by atoms with Crippen molar-refractivity contribution in [3.05, 3.63) is 35.9 Å². The number of aromatic carboxylic acids is 1. The Kier molecular flexibility index (Phi) is 7.21. The van der Waals surface area contributed by atoms with Gasteiger partial charge in [-0.3, -0.25) is 0 Å². The molecule has 0 radical (unpaired) electrons. The summed E-state index contributed by atoms with van der Waals surface area (Å²) in [7, 11) is 0. The molecule has 0 spiro atoms. The van der Waals surface area contributed by atoms with Crippen LogP contribution in [0.1, 0.15) is 38.1 Å². The summed E-state index contributed by atoms with van der Waals surface area (Å²) < 4.78 is 0. The van der Waals surface area contributed by atoms with Gasteiger partial charge in [0.2, 0.25) is 0 Å². The number of hydrogen-bond acceptors (Lipinski definition) is 2. The third-order valence-corrected chi connectivity index (χ3v) is 1.69. The fraction of sp³-hybridized carbons (Fsp3) is 0.462. The van der Waals surface area contributed by atoms with Gasteiger partial charge in [0.1, 0.15) is 0 Å². The first kappa shape index (κ1) is 14.6. The maximum Gasteiger partial charge on any atom is 0.335 e. The molecule has 0 unspecified atom stereocenters. The van der Waals surface area contributed by atoms with Crippen molar-refractivity contribution >= 4 is 5.97 Å². The fourth-order valence-electron chi connectivity index (χ4n) is 1.25. The average molecular weight is 223 g/mol. The molecular weight excluding hydrogens is 202 g/mol. The van der Waals surface area contributed by atoms with E-state index in [4.69, 9.17) is 5.11 Å². The Labute approximate surface area is 97.5 Å². The van der Waals surface area contributed by atoms with Crippen LogP contribution in [0.3, 0.4) is 0 Å². The van der Waals surface area contributed by atoms with Crippen molar-refractivity contribution in [2.45, 2.75) is 39.8 Å². The van der Waals surface area contributed by atoms with E-state index < -0.39 is 5.97 Å². The minimum Gasteiger partial charge on any atom is -0.478 e. The summed E-state index contributed by atoms with van der Waals surface area (Å²) in [5, 5.41) is 11.7. The van der Waals surface area contributed by atoms with E-state index in [0.29, 0.717) is 17.6 Å². The fourth-order valence-corrected chi connectivity index (χ4v) is 1.25. The third-order valence-electron chi connectivity index (χ3n) is 1.69. The van der Waals surface area contributed by atoms with Gasteiger partial charge in [-0.25, -0.2) is 4.79 Å². The van der Waals surface area contributed by atoms with Gasteiger partial charge in [-0.1, -0.05) is 45.9 Å². The Morgan fingerprint density at radius 1 is 1.06 bits per heavy atom. The topological polar surface area (TPSA) is 49.3 Å². The lowest BCUT2D eigenvalue weighted by Gasteiger charge is -2.10. The Morgan fingerprint density at radius 3 is 1.69 bits per heavy atom. The first-order valence-corrected chi connectivity index (χ1v) is 5.48. The predicted octanol–water partition coefficient (Wildman–Crippen LogP) is 2.78. The van der Waals surface area contributed by atoms with Crippen LogP contribution in [0.2, 0.25) is 0 Å². The summed E-state index contributed by atoms with van der Waals surface area (Å²) in [5.74, 6) is -0.879. The minimum atomic E-state index is -0.879. The number of hydrogen-bond donors (Lipinski definition) is 2. The molecule has 2 N–H and O–H groups in total. The Morgan fingerprint density at radius 2 is 1.50 bits per heavy atom. The third kappa shape index (κ3) is 8.00. The maximum absolute atomic E-state index is 10.2. The van der Waals surface area contributed by atoms with Crippen LogP contribution >= 0.6 is 0 Å². The summed E-state index contributed by atoms with van der Waals surface area (Å²) >= 11 is 0. The van der Waals surface area contributed by atoms with Crippen LogP contribution in [0.4, 0.5) is 0 Å². The van der Waals surface area contributed by atoms with Crippen LogP contribution < -0.4 is 5.32 Å². The molecule has 0 aliphatic heterocycles. The van der Waals surface area contributed by atoms with E-state index in [9.17, 15) is 4.79 Å². The van der Waals surface area contributed by atoms with E-state index in [1.165, 1.54) is 0 Å². The number of rotatable bonds is 3. The maximum atomic E-state index is 10.2. The highest BCUT2D eigenvalue weighted by Gasteiger charge is 1.96. The lowest BCUT2D eigenvalue weighted by atomic mass is 10.2. The molecule has 0 amide bonds. The highest BCUT2D eigenvalue weighted by atomic mass is 16.4. The lowest BCUT2D eigenvalue weighted by Crippen LogP contribution is -2.29. The molecule has 0 heterocycles. The molecule has 0 aromatic heterocycles. The van der Waals surface area contributed by atoms with Gasteiger partial charge in [0, 0.05) is 12.1 Å². The van der Waals surface area contributed by atoms with E-state index >= 15 is 0 Å². The summed E-state index contributed by atoms with van der Waals surface area (Å²) in [4.78, 5) is 10.2. The van der Waals surface area contributed by atoms with E-state index in [0.717, 1.165) is 0 Å². The van der Waals surface area contributed by atoms with Gasteiger partial charge in [0.25, 0.3) is 0 Å². The summed E-state index contributed by atoms with van der Waals surface area (Å²) in [5.41, 5.74) is 0.331. The Bertz CT molecular complexity index is 288. The monoisotopic (exact) mass is 223 g/mol. The molecule has 16 heavy (non-hydrogen) atoms. The first-order chi connectivity index (χ1) is 7.43. The van der Waals surface area contributed by atoms with Crippen molar-refractivity contribution in [2.75, 3.05) is 0 Å². The van der Waals surface area contributed by atoms with Gasteiger partial charge in [-0.05, 0) is 12.1 Å². The zero-order valence-corrected chi connectivity index (χ0v) is 10.4. The van der Waals surface area contributed by atoms with Crippen molar-refractivity contribution in [3.8, 4) is 0 Å². The molecule has 90 valence electrons. The van der Waals surface area contributed by atoms with Crippen LogP contribution in [0, 0.1) is 0 Å². The zero-order valence-electron chi connectivity index (χ0n) is 10.4. The lowest BCUT2D eigenvalue weighted by molar-refractivity contribution is 0.0697. The first-order valence-electron chi connectivity index (χ1n) is 5.48. The van der Waals surface area contributed by atoms with Crippen LogP contribution in [0.25, 0.3) is 0 Å². The molecule has 0 fully saturated rings. The largest absolute Gasteiger partial charge is 0.478 e. The van der Waals surface area contributed by atoms with Crippen molar-refractivity contribution in [3.63, 3.8) is 0 Å². The minimum absolute atomic E-state index is 0.331. The quantitative estimate of drug-likeness (QED) is 0.828. The molecule has 1 rings (SSSR count). The second-order valence-electron chi connectivity index (χ2n) is 4.15. The van der Waals surface area contributed by atoms with Gasteiger partial charge in [-0.15, -0.1) is 0 Å². The van der Waals surface area contributed by atoms with Crippen molar-refractivity contribution < 1.29 is 9.90 Å².